The second-order valence-electron chi connectivity index (χ2n) is 22.5. The van der Waals surface area contributed by atoms with E-state index in [2.05, 4.69) is 51.1 Å². The minimum atomic E-state index is -2.52. The van der Waals surface area contributed by atoms with E-state index in [1.807, 2.05) is 4.90 Å². The van der Waals surface area contributed by atoms with Gasteiger partial charge in [0.2, 0.25) is 5.91 Å². The zero-order chi connectivity index (χ0) is 56.7. The number of benzene rings is 3. The molecule has 4 aliphatic heterocycles. The van der Waals surface area contributed by atoms with E-state index in [-0.39, 0.29) is 61.4 Å². The van der Waals surface area contributed by atoms with Crippen LogP contribution in [0.1, 0.15) is 120 Å². The summed E-state index contributed by atoms with van der Waals surface area (Å²) in [5.74, 6) is 0.510. The number of carbonyl (C=O) groups excluding carboxylic acids is 6. The van der Waals surface area contributed by atoms with E-state index in [9.17, 15) is 28.8 Å². The molecule has 0 bridgehead atoms. The predicted molar refractivity (Wildman–Crippen MR) is 296 cm³/mol. The van der Waals surface area contributed by atoms with Crippen LogP contribution >= 0.6 is 0 Å². The molecule has 3 aromatic carbocycles. The Morgan fingerprint density at radius 3 is 1.96 bits per heavy atom. The second kappa shape index (κ2) is 24.8. The van der Waals surface area contributed by atoms with Crippen LogP contribution in [0.5, 0.6) is 23.0 Å². The maximum atomic E-state index is 14.4. The van der Waals surface area contributed by atoms with Gasteiger partial charge < -0.3 is 58.0 Å². The Hall–Kier alpha value is -7.00. The van der Waals surface area contributed by atoms with Gasteiger partial charge in [0.1, 0.15) is 24.9 Å². The average Bonchev–Trinajstić information content (AvgIpc) is 4.26. The highest BCUT2D eigenvalue weighted by atomic mass is 28.4. The van der Waals surface area contributed by atoms with Gasteiger partial charge in [0.05, 0.1) is 62.0 Å². The number of nitrogens with one attached hydrogen (secondary N) is 2. The summed E-state index contributed by atoms with van der Waals surface area (Å²) < 4.78 is 48.0. The molecule has 4 atom stereocenters. The molecule has 0 aromatic heterocycles. The lowest BCUT2D eigenvalue weighted by Crippen LogP contribution is -2.58. The Morgan fingerprint density at radius 1 is 0.769 bits per heavy atom. The van der Waals surface area contributed by atoms with Gasteiger partial charge in [0.15, 0.2) is 37.5 Å². The maximum Gasteiger partial charge on any atom is 0.416 e. The average molecular weight is 1100 g/mol. The molecule has 6 amide bonds. The zero-order valence-electron chi connectivity index (χ0n) is 47.1. The van der Waals surface area contributed by atoms with Crippen molar-refractivity contribution in [2.75, 3.05) is 68.8 Å². The third-order valence-electron chi connectivity index (χ3n) is 14.7. The number of carbonyl (C=O) groups is 6. The Kier molecular flexibility index (Phi) is 18.6. The van der Waals surface area contributed by atoms with E-state index in [1.54, 1.807) is 81.1 Å². The molecule has 1 unspecified atom stereocenters. The molecular formula is C57H78N6O14Si. The summed E-state index contributed by atoms with van der Waals surface area (Å²) in [4.78, 5) is 88.1. The fraction of sp³-hybridized carbons (Fsp3) is 0.544. The molecule has 0 aliphatic carbocycles. The number of fused-ring (bicyclic) bond motifs is 4. The van der Waals surface area contributed by atoms with Gasteiger partial charge in [0, 0.05) is 37.5 Å². The van der Waals surface area contributed by atoms with E-state index in [0.29, 0.717) is 90.0 Å². The van der Waals surface area contributed by atoms with Crippen molar-refractivity contribution in [3.05, 3.63) is 77.9 Å². The number of nitrogens with zero attached hydrogens (tertiary/aromatic N) is 4. The zero-order valence-corrected chi connectivity index (χ0v) is 48.1. The Labute approximate surface area is 459 Å². The van der Waals surface area contributed by atoms with Gasteiger partial charge >= 0.3 is 18.3 Å². The first-order valence-electron chi connectivity index (χ1n) is 26.8. The topological polar surface area (TPSA) is 213 Å². The van der Waals surface area contributed by atoms with Crippen molar-refractivity contribution in [1.29, 1.82) is 0 Å². The predicted octanol–water partition coefficient (Wildman–Crippen LogP) is 10.0. The van der Waals surface area contributed by atoms with Crippen molar-refractivity contribution in [1.82, 2.24) is 15.1 Å². The molecule has 7 rings (SSSR count). The minimum Gasteiger partial charge on any atom is -0.493 e. The fourth-order valence-electron chi connectivity index (χ4n) is 9.61. The molecule has 0 spiro atoms. The fourth-order valence-corrected chi connectivity index (χ4v) is 10.8. The van der Waals surface area contributed by atoms with Crippen LogP contribution in [0.3, 0.4) is 0 Å². The summed E-state index contributed by atoms with van der Waals surface area (Å²) in [5.41, 5.74) is 1.66. The molecule has 0 saturated carbocycles. The van der Waals surface area contributed by atoms with Crippen LogP contribution in [-0.2, 0) is 30.0 Å². The first kappa shape index (κ1) is 58.7. The summed E-state index contributed by atoms with van der Waals surface area (Å²) >= 11 is 0. The van der Waals surface area contributed by atoms with Gasteiger partial charge in [-0.3, -0.25) is 19.3 Å². The van der Waals surface area contributed by atoms with Crippen LogP contribution in [-0.4, -0.2) is 138 Å². The van der Waals surface area contributed by atoms with Crippen LogP contribution in [0.15, 0.2) is 61.2 Å². The Morgan fingerprint density at radius 2 is 1.36 bits per heavy atom. The number of ether oxygens (including phenoxy) is 7. The van der Waals surface area contributed by atoms with Crippen LogP contribution in [0.25, 0.3) is 0 Å². The molecule has 2 saturated heterocycles. The van der Waals surface area contributed by atoms with Gasteiger partial charge in [-0.2, -0.15) is 0 Å². The van der Waals surface area contributed by atoms with Crippen molar-refractivity contribution in [2.45, 2.75) is 148 Å². The smallest absolute Gasteiger partial charge is 0.416 e. The van der Waals surface area contributed by atoms with E-state index >= 15 is 0 Å². The molecule has 4 aliphatic rings. The quantitative estimate of drug-likeness (QED) is 0.0495. The lowest BCUT2D eigenvalue weighted by Gasteiger charge is -2.44. The third kappa shape index (κ3) is 13.6. The summed E-state index contributed by atoms with van der Waals surface area (Å²) in [6.45, 7) is 22.9. The number of methoxy groups -OCH3 is 2. The molecule has 2 fully saturated rings. The molecule has 0 radical (unpaired) electrons. The van der Waals surface area contributed by atoms with Crippen molar-refractivity contribution in [3.63, 3.8) is 0 Å². The molecule has 20 nitrogen and oxygen atoms in total. The highest BCUT2D eigenvalue weighted by Gasteiger charge is 2.51. The monoisotopic (exact) mass is 1100 g/mol. The van der Waals surface area contributed by atoms with Gasteiger partial charge in [-0.25, -0.2) is 19.3 Å². The number of anilines is 3. The van der Waals surface area contributed by atoms with Crippen LogP contribution < -0.4 is 39.4 Å². The van der Waals surface area contributed by atoms with Crippen LogP contribution in [0.4, 0.5) is 31.4 Å². The number of unbranched alkanes of at least 4 members (excludes halogenated alkanes) is 2. The summed E-state index contributed by atoms with van der Waals surface area (Å²) in [5, 5.41) is 5.09. The van der Waals surface area contributed by atoms with Gasteiger partial charge in [-0.1, -0.05) is 45.6 Å². The molecular weight excluding hydrogens is 1020 g/mol. The first-order valence-corrected chi connectivity index (χ1v) is 29.8. The number of rotatable bonds is 19. The Balaban J connectivity index is 0.999. The third-order valence-corrected chi connectivity index (χ3v) is 19.2. The lowest BCUT2D eigenvalue weighted by molar-refractivity contribution is -0.117. The number of amides is 6. The minimum absolute atomic E-state index is 0.0294. The van der Waals surface area contributed by atoms with Crippen LogP contribution in [0.2, 0.25) is 18.1 Å². The number of hydrogen-bond acceptors (Lipinski definition) is 14. The molecule has 21 heteroatoms. The first-order chi connectivity index (χ1) is 36.9. The van der Waals surface area contributed by atoms with E-state index < -0.39 is 56.4 Å². The summed E-state index contributed by atoms with van der Waals surface area (Å²) in [7, 11) is 0.487. The molecule has 3 aromatic rings. The lowest BCUT2D eigenvalue weighted by atomic mass is 10.1. The van der Waals surface area contributed by atoms with Gasteiger partial charge in [-0.05, 0) is 121 Å². The largest absolute Gasteiger partial charge is 0.493 e. The number of alkyl carbamates (subject to hydrolysis) is 1. The highest BCUT2D eigenvalue weighted by molar-refractivity contribution is 6.74. The summed E-state index contributed by atoms with van der Waals surface area (Å²) in [6, 6.07) is 11.9. The molecule has 78 heavy (non-hydrogen) atoms. The molecule has 424 valence electrons. The Bertz CT molecular complexity index is 2700. The van der Waals surface area contributed by atoms with E-state index in [1.165, 1.54) is 30.1 Å². The normalized spacial score (nSPS) is 18.5. The van der Waals surface area contributed by atoms with Crippen LogP contribution in [0, 0.1) is 0 Å². The van der Waals surface area contributed by atoms with Gasteiger partial charge in [0.25, 0.3) is 11.8 Å². The van der Waals surface area contributed by atoms with Gasteiger partial charge in [-0.15, -0.1) is 0 Å². The molecule has 4 heterocycles. The van der Waals surface area contributed by atoms with Crippen molar-refractivity contribution in [2.24, 2.45) is 0 Å². The highest BCUT2D eigenvalue weighted by Crippen LogP contribution is 2.46. The summed E-state index contributed by atoms with van der Waals surface area (Å²) in [6.07, 6.45) is 3.53. The van der Waals surface area contributed by atoms with E-state index in [0.717, 1.165) is 19.3 Å². The molecule has 2 N–H and O–H groups in total. The second-order valence-corrected chi connectivity index (χ2v) is 27.3. The maximum absolute atomic E-state index is 14.4. The van der Waals surface area contributed by atoms with Crippen molar-refractivity contribution in [3.8, 4) is 23.0 Å². The SMILES string of the molecule is C=CCOC(=O)N1c2cc(OCCCCCOc3cc4c(cc3OC)C(=O)N3CCC[C@@H]3CN4C(=O)OCc3ccc(NC(=O)[C@H](C)NC(=O)OC(C)(C)C)cc3)c(OC)cc2C(=O)N2CCC[C@@H]2C1O[Si](C)(C)C(C)(C)C. The standard InChI is InChI=1S/C57H78N6O14Si/c1-13-27-74-55(69)63-44-33-48(46(71-10)31-41(44)51(66)61-26-18-20-42(61)52(63)77-78(11,12)57(6,7)8)73-29-16-14-15-28-72-47-32-43-40(30-45(47)70-9)50(65)60-25-17-19-39(60)34-62(43)54(68)75-35-37-21-23-38(24-22-37)59-49(64)36(2)58-53(67)76-56(3,4)5/h13,21-24,30-33,36,39,42,52H,1,14-20,25-29,34-35H2,2-12H3,(H,58,67)(H,59,64)/t36-,39+,42+,52?/m0/s1. The number of hydrogen-bond donors (Lipinski definition) is 2. The van der Waals surface area contributed by atoms with Crippen molar-refractivity contribution < 1.29 is 66.4 Å². The van der Waals surface area contributed by atoms with Crippen molar-refractivity contribution >= 4 is 61.4 Å². The van der Waals surface area contributed by atoms with E-state index in [4.69, 9.17) is 37.6 Å².